The van der Waals surface area contributed by atoms with E-state index >= 15 is 0 Å². The van der Waals surface area contributed by atoms with Crippen LogP contribution in [0.4, 0.5) is 4.79 Å². The Morgan fingerprint density at radius 1 is 1.07 bits per heavy atom. The van der Waals surface area contributed by atoms with Crippen molar-refractivity contribution in [2.75, 3.05) is 14.2 Å². The minimum Gasteiger partial charge on any atom is -0.494 e. The average molecular weight is 578 g/mol. The first-order valence-electron chi connectivity index (χ1n) is 7.86. The van der Waals surface area contributed by atoms with Crippen LogP contribution in [-0.4, -0.2) is 26.3 Å². The van der Waals surface area contributed by atoms with Gasteiger partial charge >= 0.3 is 12.1 Å². The van der Waals surface area contributed by atoms with Gasteiger partial charge in [0.25, 0.3) is 0 Å². The summed E-state index contributed by atoms with van der Waals surface area (Å²) >= 11 is 10.3. The molecule has 0 saturated carbocycles. The Kier molecular flexibility index (Phi) is 8.53. The van der Waals surface area contributed by atoms with Crippen LogP contribution in [0.5, 0.6) is 5.75 Å². The summed E-state index contributed by atoms with van der Waals surface area (Å²) < 4.78 is 17.2. The molecule has 2 aromatic carbocycles. The Bertz CT molecular complexity index is 900. The molecular formula is C19H16Br3NO5. The number of hydrogen-bond donors (Lipinski definition) is 1. The normalized spacial score (nSPS) is 11.0. The minimum atomic E-state index is -0.781. The predicted octanol–water partition coefficient (Wildman–Crippen LogP) is 5.42. The van der Waals surface area contributed by atoms with Crippen molar-refractivity contribution in [2.24, 2.45) is 0 Å². The number of rotatable bonds is 6. The van der Waals surface area contributed by atoms with Crippen LogP contribution in [0, 0.1) is 0 Å². The lowest BCUT2D eigenvalue weighted by Crippen LogP contribution is -2.28. The van der Waals surface area contributed by atoms with Gasteiger partial charge in [0.05, 0.1) is 23.2 Å². The van der Waals surface area contributed by atoms with E-state index < -0.39 is 12.1 Å². The summed E-state index contributed by atoms with van der Waals surface area (Å²) in [6.07, 6.45) is 0.676. The number of carbonyl (C=O) groups is 2. The quantitative estimate of drug-likeness (QED) is 0.366. The SMILES string of the molecule is COC(=O)/C(=C/c1c(Br)cc(Br)c(OC)c1Br)NC(=O)OCc1ccccc1. The average Bonchev–Trinajstić information content (AvgIpc) is 2.69. The molecule has 0 radical (unpaired) electrons. The monoisotopic (exact) mass is 575 g/mol. The van der Waals surface area contributed by atoms with E-state index in [1.54, 1.807) is 6.07 Å². The molecule has 0 spiro atoms. The van der Waals surface area contributed by atoms with Crippen molar-refractivity contribution in [3.63, 3.8) is 0 Å². The number of ether oxygens (including phenoxy) is 3. The first-order chi connectivity index (χ1) is 13.4. The van der Waals surface area contributed by atoms with Gasteiger partial charge in [0.15, 0.2) is 0 Å². The molecule has 0 aliphatic heterocycles. The van der Waals surface area contributed by atoms with Crippen molar-refractivity contribution in [1.82, 2.24) is 5.32 Å². The second-order valence-corrected chi connectivity index (χ2v) is 7.84. The third-order valence-corrected chi connectivity index (χ3v) is 5.54. The Hall–Kier alpha value is -1.84. The van der Waals surface area contributed by atoms with Gasteiger partial charge in [-0.25, -0.2) is 9.59 Å². The van der Waals surface area contributed by atoms with Gasteiger partial charge in [-0.05, 0) is 49.6 Å². The Labute approximate surface area is 187 Å². The number of hydrogen-bond acceptors (Lipinski definition) is 5. The molecule has 0 saturated heterocycles. The van der Waals surface area contributed by atoms with Gasteiger partial charge in [0.1, 0.15) is 18.1 Å². The summed E-state index contributed by atoms with van der Waals surface area (Å²) in [4.78, 5) is 24.3. The van der Waals surface area contributed by atoms with Gasteiger partial charge in [-0.2, -0.15) is 0 Å². The number of nitrogens with one attached hydrogen (secondary N) is 1. The van der Waals surface area contributed by atoms with Crippen LogP contribution in [0.1, 0.15) is 11.1 Å². The van der Waals surface area contributed by atoms with Crippen molar-refractivity contribution in [2.45, 2.75) is 6.61 Å². The molecule has 6 nitrogen and oxygen atoms in total. The van der Waals surface area contributed by atoms with E-state index in [2.05, 4.69) is 53.1 Å². The molecule has 2 rings (SSSR count). The molecule has 2 aromatic rings. The summed E-state index contributed by atoms with van der Waals surface area (Å²) in [6, 6.07) is 11.0. The van der Waals surface area contributed by atoms with Gasteiger partial charge in [0.2, 0.25) is 0 Å². The fourth-order valence-corrected chi connectivity index (χ4v) is 4.85. The third kappa shape index (κ3) is 5.83. The number of alkyl carbamates (subject to hydrolysis) is 1. The highest BCUT2D eigenvalue weighted by atomic mass is 79.9. The molecule has 0 aromatic heterocycles. The van der Waals surface area contributed by atoms with Crippen LogP contribution in [0.3, 0.4) is 0 Å². The zero-order valence-corrected chi connectivity index (χ0v) is 19.7. The highest BCUT2D eigenvalue weighted by Gasteiger charge is 2.19. The van der Waals surface area contributed by atoms with Gasteiger partial charge in [-0.1, -0.05) is 46.3 Å². The number of carbonyl (C=O) groups excluding carboxylic acids is 2. The van der Waals surface area contributed by atoms with Crippen LogP contribution in [-0.2, 0) is 20.9 Å². The van der Waals surface area contributed by atoms with E-state index in [0.717, 1.165) is 5.56 Å². The maximum Gasteiger partial charge on any atom is 0.412 e. The van der Waals surface area contributed by atoms with Crippen molar-refractivity contribution >= 4 is 65.9 Å². The van der Waals surface area contributed by atoms with Crippen molar-refractivity contribution in [3.8, 4) is 5.75 Å². The van der Waals surface area contributed by atoms with Gasteiger partial charge in [0, 0.05) is 10.0 Å². The van der Waals surface area contributed by atoms with E-state index in [0.29, 0.717) is 24.7 Å². The molecule has 0 heterocycles. The number of benzene rings is 2. The Morgan fingerprint density at radius 3 is 2.36 bits per heavy atom. The summed E-state index contributed by atoms with van der Waals surface area (Å²) in [5.41, 5.74) is 1.31. The number of methoxy groups -OCH3 is 2. The molecule has 0 aliphatic rings. The topological polar surface area (TPSA) is 73.9 Å². The minimum absolute atomic E-state index is 0.0701. The molecule has 0 bridgehead atoms. The van der Waals surface area contributed by atoms with Crippen LogP contribution in [0.15, 0.2) is 55.5 Å². The van der Waals surface area contributed by atoms with Crippen LogP contribution in [0.2, 0.25) is 0 Å². The lowest BCUT2D eigenvalue weighted by Gasteiger charge is -2.13. The fraction of sp³-hybridized carbons (Fsp3) is 0.158. The third-order valence-electron chi connectivity index (χ3n) is 3.51. The molecule has 1 amide bonds. The van der Waals surface area contributed by atoms with Crippen molar-refractivity contribution < 1.29 is 23.8 Å². The van der Waals surface area contributed by atoms with Crippen LogP contribution >= 0.6 is 47.8 Å². The van der Waals surface area contributed by atoms with Crippen LogP contribution in [0.25, 0.3) is 6.08 Å². The lowest BCUT2D eigenvalue weighted by atomic mass is 10.1. The highest BCUT2D eigenvalue weighted by Crippen LogP contribution is 2.41. The Morgan fingerprint density at radius 2 is 1.75 bits per heavy atom. The number of esters is 1. The zero-order chi connectivity index (χ0) is 20.7. The molecule has 28 heavy (non-hydrogen) atoms. The lowest BCUT2D eigenvalue weighted by molar-refractivity contribution is -0.136. The van der Waals surface area contributed by atoms with Crippen molar-refractivity contribution in [3.05, 3.63) is 66.6 Å². The molecule has 1 N–H and O–H groups in total. The maximum atomic E-state index is 12.1. The molecule has 0 fully saturated rings. The largest absolute Gasteiger partial charge is 0.494 e. The van der Waals surface area contributed by atoms with Gasteiger partial charge < -0.3 is 14.2 Å². The van der Waals surface area contributed by atoms with E-state index in [4.69, 9.17) is 14.2 Å². The molecule has 148 valence electrons. The summed E-state index contributed by atoms with van der Waals surface area (Å²) in [5, 5.41) is 2.42. The van der Waals surface area contributed by atoms with Crippen LogP contribution < -0.4 is 10.1 Å². The first-order valence-corrected chi connectivity index (χ1v) is 10.2. The molecular weight excluding hydrogens is 562 g/mol. The molecule has 0 atom stereocenters. The van der Waals surface area contributed by atoms with Gasteiger partial charge in [-0.3, -0.25) is 5.32 Å². The summed E-state index contributed by atoms with van der Waals surface area (Å²) in [5.74, 6) is -0.192. The maximum absolute atomic E-state index is 12.1. The highest BCUT2D eigenvalue weighted by molar-refractivity contribution is 9.11. The Balaban J connectivity index is 2.26. The predicted molar refractivity (Wildman–Crippen MR) is 116 cm³/mol. The molecule has 0 unspecified atom stereocenters. The van der Waals surface area contributed by atoms with Crippen molar-refractivity contribution in [1.29, 1.82) is 0 Å². The second-order valence-electron chi connectivity index (χ2n) is 5.34. The molecule has 9 heteroatoms. The van der Waals surface area contributed by atoms with E-state index in [1.165, 1.54) is 20.3 Å². The summed E-state index contributed by atoms with van der Waals surface area (Å²) in [6.45, 7) is 0.0701. The van der Waals surface area contributed by atoms with E-state index in [-0.39, 0.29) is 12.3 Å². The second kappa shape index (κ2) is 10.6. The van der Waals surface area contributed by atoms with E-state index in [9.17, 15) is 9.59 Å². The summed E-state index contributed by atoms with van der Waals surface area (Å²) in [7, 11) is 2.74. The fourth-order valence-electron chi connectivity index (χ4n) is 2.18. The zero-order valence-electron chi connectivity index (χ0n) is 14.9. The van der Waals surface area contributed by atoms with Gasteiger partial charge in [-0.15, -0.1) is 0 Å². The standard InChI is InChI=1S/C19H16Br3NO5/c1-26-17-14(21)9-13(20)12(16(17)22)8-15(18(24)27-2)23-19(25)28-10-11-6-4-3-5-7-11/h3-9H,10H2,1-2H3,(H,23,25)/b15-8-. The first kappa shape index (κ1) is 22.4. The number of halogens is 3. The smallest absolute Gasteiger partial charge is 0.412 e. The van der Waals surface area contributed by atoms with E-state index in [1.807, 2.05) is 30.3 Å². The number of amides is 1. The molecule has 0 aliphatic carbocycles.